The lowest BCUT2D eigenvalue weighted by molar-refractivity contribution is -0.112. The number of fused-ring (bicyclic) bond motifs is 1. The molecule has 1 aliphatic rings. The fourth-order valence-electron chi connectivity index (χ4n) is 1.97. The summed E-state index contributed by atoms with van der Waals surface area (Å²) in [6.07, 6.45) is 0. The Kier molecular flexibility index (Phi) is 3.54. The molecule has 1 heterocycles. The van der Waals surface area contributed by atoms with E-state index in [1.165, 1.54) is 6.07 Å². The Bertz CT molecular complexity index is 516. The summed E-state index contributed by atoms with van der Waals surface area (Å²) in [4.78, 5) is 24.6. The Balaban J connectivity index is 2.43. The molecule has 0 fully saturated rings. The molecule has 2 rings (SSSR count). The van der Waals surface area contributed by atoms with E-state index in [-0.39, 0.29) is 6.61 Å². The van der Waals surface area contributed by atoms with Gasteiger partial charge in [0, 0.05) is 13.1 Å². The molecule has 0 bridgehead atoms. The molecule has 1 aliphatic heterocycles. The molecule has 0 saturated heterocycles. The number of halogens is 1. The summed E-state index contributed by atoms with van der Waals surface area (Å²) in [5, 5.41) is 11.9. The molecule has 18 heavy (non-hydrogen) atoms. The van der Waals surface area contributed by atoms with Crippen LogP contribution in [0.3, 0.4) is 0 Å². The van der Waals surface area contributed by atoms with Crippen LogP contribution in [0.5, 0.6) is 0 Å². The molecule has 1 aromatic carbocycles. The molecule has 0 atom stereocenters. The molecule has 0 aromatic heterocycles. The van der Waals surface area contributed by atoms with Crippen molar-refractivity contribution in [3.8, 4) is 0 Å². The minimum Gasteiger partial charge on any atom is -0.395 e. The number of carbonyl (C=O) groups excluding carboxylic acids is 2. The van der Waals surface area contributed by atoms with Crippen LogP contribution in [0.2, 0.25) is 5.02 Å². The van der Waals surface area contributed by atoms with E-state index in [0.29, 0.717) is 35.1 Å². The largest absolute Gasteiger partial charge is 0.395 e. The number of hydrogen-bond donors (Lipinski definition) is 2. The van der Waals surface area contributed by atoms with E-state index in [1.807, 2.05) is 11.8 Å². The van der Waals surface area contributed by atoms with E-state index in [9.17, 15) is 9.59 Å². The summed E-state index contributed by atoms with van der Waals surface area (Å²) in [5.74, 6) is -1.20. The third kappa shape index (κ3) is 2.07. The number of amides is 1. The maximum absolute atomic E-state index is 11.5. The molecule has 96 valence electrons. The molecule has 0 aliphatic carbocycles. The summed E-state index contributed by atoms with van der Waals surface area (Å²) in [6, 6.07) is 3.16. The number of Topliss-reactive ketones (excluding diaryl/α,β-unsaturated/α-hetero) is 1. The van der Waals surface area contributed by atoms with E-state index in [2.05, 4.69) is 5.32 Å². The van der Waals surface area contributed by atoms with Gasteiger partial charge in [0.2, 0.25) is 0 Å². The van der Waals surface area contributed by atoms with Crippen LogP contribution in [0, 0.1) is 0 Å². The van der Waals surface area contributed by atoms with Crippen molar-refractivity contribution in [3.05, 3.63) is 22.7 Å². The van der Waals surface area contributed by atoms with Gasteiger partial charge >= 0.3 is 0 Å². The van der Waals surface area contributed by atoms with Crippen molar-refractivity contribution >= 4 is 34.7 Å². The number of rotatable bonds is 4. The smallest absolute Gasteiger partial charge is 0.296 e. The van der Waals surface area contributed by atoms with Crippen molar-refractivity contribution in [2.45, 2.75) is 6.92 Å². The van der Waals surface area contributed by atoms with Gasteiger partial charge in [-0.25, -0.2) is 0 Å². The van der Waals surface area contributed by atoms with Gasteiger partial charge in [0.1, 0.15) is 0 Å². The van der Waals surface area contributed by atoms with Crippen molar-refractivity contribution in [3.63, 3.8) is 0 Å². The third-order valence-electron chi connectivity index (χ3n) is 2.88. The van der Waals surface area contributed by atoms with Crippen LogP contribution in [0.25, 0.3) is 0 Å². The van der Waals surface area contributed by atoms with Gasteiger partial charge in [-0.3, -0.25) is 9.59 Å². The van der Waals surface area contributed by atoms with E-state index < -0.39 is 11.7 Å². The Morgan fingerprint density at radius 3 is 2.72 bits per heavy atom. The zero-order valence-electron chi connectivity index (χ0n) is 9.86. The van der Waals surface area contributed by atoms with Gasteiger partial charge in [0.25, 0.3) is 11.7 Å². The summed E-state index contributed by atoms with van der Waals surface area (Å²) in [7, 11) is 0. The topological polar surface area (TPSA) is 69.6 Å². The summed E-state index contributed by atoms with van der Waals surface area (Å²) in [5.41, 5.74) is 1.47. The summed E-state index contributed by atoms with van der Waals surface area (Å²) >= 11 is 6.12. The Labute approximate surface area is 109 Å². The minimum atomic E-state index is -0.636. The molecule has 5 nitrogen and oxygen atoms in total. The van der Waals surface area contributed by atoms with Gasteiger partial charge in [-0.05, 0) is 19.1 Å². The number of hydrogen-bond acceptors (Lipinski definition) is 4. The van der Waals surface area contributed by atoms with Crippen molar-refractivity contribution in [1.29, 1.82) is 0 Å². The number of nitrogens with one attached hydrogen (secondary N) is 1. The van der Waals surface area contributed by atoms with Gasteiger partial charge in [-0.15, -0.1) is 0 Å². The van der Waals surface area contributed by atoms with Crippen LogP contribution in [0.4, 0.5) is 11.4 Å². The zero-order valence-corrected chi connectivity index (χ0v) is 10.6. The lowest BCUT2D eigenvalue weighted by Gasteiger charge is -2.23. The first-order valence-electron chi connectivity index (χ1n) is 5.63. The van der Waals surface area contributed by atoms with E-state index in [0.717, 1.165) is 0 Å². The first-order valence-corrected chi connectivity index (χ1v) is 6.01. The number of anilines is 2. The van der Waals surface area contributed by atoms with Crippen LogP contribution >= 0.6 is 11.6 Å². The molecule has 0 unspecified atom stereocenters. The van der Waals surface area contributed by atoms with Crippen LogP contribution < -0.4 is 10.2 Å². The van der Waals surface area contributed by atoms with Gasteiger partial charge in [-0.1, -0.05) is 11.6 Å². The van der Waals surface area contributed by atoms with Crippen molar-refractivity contribution in [2.24, 2.45) is 0 Å². The predicted octanol–water partition coefficient (Wildman–Crippen LogP) is 1.29. The van der Waals surface area contributed by atoms with Crippen molar-refractivity contribution in [2.75, 3.05) is 29.9 Å². The highest BCUT2D eigenvalue weighted by Crippen LogP contribution is 2.34. The lowest BCUT2D eigenvalue weighted by atomic mass is 10.1. The molecule has 0 radical (unpaired) electrons. The third-order valence-corrected chi connectivity index (χ3v) is 3.18. The van der Waals surface area contributed by atoms with Gasteiger partial charge in [-0.2, -0.15) is 0 Å². The quantitative estimate of drug-likeness (QED) is 0.808. The monoisotopic (exact) mass is 268 g/mol. The van der Waals surface area contributed by atoms with Crippen LogP contribution in [0.1, 0.15) is 17.3 Å². The number of benzene rings is 1. The fourth-order valence-corrected chi connectivity index (χ4v) is 2.25. The molecule has 0 spiro atoms. The highest BCUT2D eigenvalue weighted by atomic mass is 35.5. The maximum atomic E-state index is 11.5. The molecular formula is C12H13ClN2O3. The lowest BCUT2D eigenvalue weighted by Crippen LogP contribution is -2.26. The van der Waals surface area contributed by atoms with Crippen LogP contribution in [-0.2, 0) is 4.79 Å². The summed E-state index contributed by atoms with van der Waals surface area (Å²) in [6.45, 7) is 3.05. The molecule has 6 heteroatoms. The summed E-state index contributed by atoms with van der Waals surface area (Å²) < 4.78 is 0. The molecule has 1 amide bonds. The number of ketones is 1. The van der Waals surface area contributed by atoms with Gasteiger partial charge in [0.15, 0.2) is 0 Å². The predicted molar refractivity (Wildman–Crippen MR) is 69.4 cm³/mol. The Hall–Kier alpha value is -1.59. The molecule has 2 N–H and O–H groups in total. The molecular weight excluding hydrogens is 256 g/mol. The van der Waals surface area contributed by atoms with Crippen molar-refractivity contribution in [1.82, 2.24) is 0 Å². The Morgan fingerprint density at radius 1 is 1.39 bits per heavy atom. The van der Waals surface area contributed by atoms with E-state index in [4.69, 9.17) is 16.7 Å². The number of likely N-dealkylation sites (N-methyl/N-ethyl adjacent to an activating group) is 1. The van der Waals surface area contributed by atoms with E-state index >= 15 is 0 Å². The first kappa shape index (κ1) is 12.9. The number of aliphatic hydroxyl groups is 1. The number of nitrogens with zero attached hydrogens (tertiary/aromatic N) is 1. The van der Waals surface area contributed by atoms with Gasteiger partial charge in [0.05, 0.1) is 28.6 Å². The highest BCUT2D eigenvalue weighted by molar-refractivity contribution is 6.52. The maximum Gasteiger partial charge on any atom is 0.296 e. The zero-order chi connectivity index (χ0) is 13.3. The first-order chi connectivity index (χ1) is 8.58. The SMILES string of the molecule is CCN(CCO)c1cc2c(cc1Cl)C(=O)C(=O)N2. The normalized spacial score (nSPS) is 13.5. The molecule has 0 saturated carbocycles. The number of carbonyl (C=O) groups is 2. The second-order valence-electron chi connectivity index (χ2n) is 3.94. The Morgan fingerprint density at radius 2 is 2.11 bits per heavy atom. The highest BCUT2D eigenvalue weighted by Gasteiger charge is 2.29. The number of aliphatic hydroxyl groups excluding tert-OH is 1. The van der Waals surface area contributed by atoms with E-state index in [1.54, 1.807) is 6.07 Å². The average molecular weight is 269 g/mol. The van der Waals surface area contributed by atoms with Crippen molar-refractivity contribution < 1.29 is 14.7 Å². The minimum absolute atomic E-state index is 0.00649. The second-order valence-corrected chi connectivity index (χ2v) is 4.34. The average Bonchev–Trinajstić information content (AvgIpc) is 2.62. The standard InChI is InChI=1S/C12H13ClN2O3/c1-2-15(3-4-16)10-6-9-7(5-8(10)13)11(17)12(18)14-9/h5-6,16H,2-4H2,1H3,(H,14,17,18). The fraction of sp³-hybridized carbons (Fsp3) is 0.333. The van der Waals surface area contributed by atoms with Crippen LogP contribution in [0.15, 0.2) is 12.1 Å². The van der Waals surface area contributed by atoms with Crippen LogP contribution in [-0.4, -0.2) is 36.5 Å². The second kappa shape index (κ2) is 4.96. The van der Waals surface area contributed by atoms with Gasteiger partial charge < -0.3 is 15.3 Å². The molecule has 1 aromatic rings.